The Hall–Kier alpha value is -2.12. The molecular weight excluding hydrogens is 955 g/mol. The molecule has 0 aliphatic carbocycles. The van der Waals surface area contributed by atoms with Crippen LogP contribution in [0.15, 0.2) is 36.5 Å². The summed E-state index contributed by atoms with van der Waals surface area (Å²) < 4.78 is 17.6. The molecule has 1 amide bonds. The Bertz CT molecular complexity index is 1380. The highest BCUT2D eigenvalue weighted by Crippen LogP contribution is 2.26. The molecule has 1 rings (SSSR count). The average molecular weight is 1080 g/mol. The van der Waals surface area contributed by atoms with Crippen molar-refractivity contribution in [2.24, 2.45) is 0 Å². The molecule has 76 heavy (non-hydrogen) atoms. The lowest BCUT2D eigenvalue weighted by atomic mass is 9.99. The summed E-state index contributed by atoms with van der Waals surface area (Å²) in [6.45, 7) is 5.79. The van der Waals surface area contributed by atoms with E-state index in [1.807, 2.05) is 6.08 Å². The van der Waals surface area contributed by atoms with Gasteiger partial charge < -0.3 is 45.1 Å². The molecule has 1 fully saturated rings. The minimum absolute atomic E-state index is 0.117. The number of allylic oxidation sites excluding steroid dienone is 5. The molecule has 446 valence electrons. The van der Waals surface area contributed by atoms with Crippen molar-refractivity contribution in [3.63, 3.8) is 0 Å². The molecule has 11 heteroatoms. The third-order valence-electron chi connectivity index (χ3n) is 15.3. The van der Waals surface area contributed by atoms with Crippen LogP contribution in [0.5, 0.6) is 0 Å². The topological polar surface area (TPSA) is 175 Å². The summed E-state index contributed by atoms with van der Waals surface area (Å²) >= 11 is 0. The summed E-state index contributed by atoms with van der Waals surface area (Å²) in [6.07, 6.45) is 53.2. The largest absolute Gasteiger partial charge is 0.454 e. The van der Waals surface area contributed by atoms with Crippen molar-refractivity contribution >= 4 is 11.9 Å². The number of hydrogen-bond acceptors (Lipinski definition) is 10. The van der Waals surface area contributed by atoms with Crippen LogP contribution in [0.3, 0.4) is 0 Å². The van der Waals surface area contributed by atoms with E-state index in [1.165, 1.54) is 180 Å². The van der Waals surface area contributed by atoms with E-state index in [2.05, 4.69) is 50.4 Å². The van der Waals surface area contributed by atoms with Crippen molar-refractivity contribution in [1.29, 1.82) is 0 Å². The van der Waals surface area contributed by atoms with Crippen molar-refractivity contribution in [3.8, 4) is 0 Å². The van der Waals surface area contributed by atoms with Gasteiger partial charge in [0.05, 0.1) is 25.4 Å². The molecule has 0 aromatic rings. The summed E-state index contributed by atoms with van der Waals surface area (Å²) in [5.41, 5.74) is 0. The second-order valence-electron chi connectivity index (χ2n) is 22.5. The van der Waals surface area contributed by atoms with Gasteiger partial charge in [0.1, 0.15) is 24.4 Å². The minimum atomic E-state index is -1.61. The van der Waals surface area contributed by atoms with Crippen LogP contribution in [0, 0.1) is 0 Å². The van der Waals surface area contributed by atoms with Crippen molar-refractivity contribution in [3.05, 3.63) is 36.5 Å². The molecule has 8 atom stereocenters. The molecule has 0 radical (unpaired) electrons. The van der Waals surface area contributed by atoms with Crippen LogP contribution in [-0.2, 0) is 23.8 Å². The van der Waals surface area contributed by atoms with E-state index < -0.39 is 67.4 Å². The van der Waals surface area contributed by atoms with Gasteiger partial charge in [0, 0.05) is 6.42 Å². The smallest absolute Gasteiger partial charge is 0.306 e. The fourth-order valence-electron chi connectivity index (χ4n) is 10.2. The lowest BCUT2D eigenvalue weighted by Gasteiger charge is -2.41. The first-order valence-electron chi connectivity index (χ1n) is 32.3. The number of amides is 1. The lowest BCUT2D eigenvalue weighted by Crippen LogP contribution is -2.61. The number of hydrogen-bond donors (Lipinski definition) is 6. The number of unbranched alkanes of at least 4 members (excludes halogenated alkanes) is 37. The number of aliphatic hydroxyl groups excluding tert-OH is 5. The van der Waals surface area contributed by atoms with Gasteiger partial charge in [-0.3, -0.25) is 9.59 Å². The standard InChI is InChI=1S/C65H121NO10/c1-4-7-10-13-16-19-22-25-27-29-31-32-34-37-40-43-46-49-52-58(69)64(73)66-56(57(68)51-48-45-42-39-36-24-21-18-15-12-9-6-3)55-74-65-63(62(72)61(71)59(54-67)75-65)76-60(70)53-50-47-44-41-38-35-33-30-28-26-23-20-17-14-11-8-5-2/h17,20,26,28,48,51,56-59,61-63,65,67-69,71-72H,4-16,18-19,21-25,27,29-47,49-50,52-55H2,1-3H3,(H,66,73)/b20-17-,28-26-,51-48+. The second-order valence-corrected chi connectivity index (χ2v) is 22.5. The van der Waals surface area contributed by atoms with Crippen LogP contribution in [-0.4, -0.2) is 99.6 Å². The van der Waals surface area contributed by atoms with Crippen molar-refractivity contribution in [2.45, 2.75) is 352 Å². The molecule has 8 unspecified atom stereocenters. The Balaban J connectivity index is 2.65. The van der Waals surface area contributed by atoms with E-state index in [1.54, 1.807) is 6.08 Å². The van der Waals surface area contributed by atoms with Crippen LogP contribution < -0.4 is 5.32 Å². The Labute approximate surface area is 466 Å². The molecule has 0 saturated carbocycles. The monoisotopic (exact) mass is 1080 g/mol. The van der Waals surface area contributed by atoms with E-state index >= 15 is 0 Å². The Morgan fingerprint density at radius 1 is 0.513 bits per heavy atom. The second kappa shape index (κ2) is 53.5. The molecule has 0 aromatic carbocycles. The molecule has 1 aliphatic rings. The zero-order chi connectivity index (χ0) is 55.4. The van der Waals surface area contributed by atoms with Gasteiger partial charge in [-0.15, -0.1) is 0 Å². The molecule has 1 aliphatic heterocycles. The fourth-order valence-corrected chi connectivity index (χ4v) is 10.2. The number of ether oxygens (including phenoxy) is 3. The van der Waals surface area contributed by atoms with Crippen LogP contribution in [0.2, 0.25) is 0 Å². The summed E-state index contributed by atoms with van der Waals surface area (Å²) in [7, 11) is 0. The van der Waals surface area contributed by atoms with E-state index in [-0.39, 0.29) is 13.0 Å². The first-order valence-corrected chi connectivity index (χ1v) is 32.3. The van der Waals surface area contributed by atoms with Crippen molar-refractivity contribution < 1.29 is 49.3 Å². The van der Waals surface area contributed by atoms with Crippen LogP contribution in [0.4, 0.5) is 0 Å². The Morgan fingerprint density at radius 3 is 1.37 bits per heavy atom. The van der Waals surface area contributed by atoms with E-state index in [9.17, 15) is 35.1 Å². The molecule has 0 spiro atoms. The molecule has 6 N–H and O–H groups in total. The van der Waals surface area contributed by atoms with E-state index in [4.69, 9.17) is 14.2 Å². The lowest BCUT2D eigenvalue weighted by molar-refractivity contribution is -0.305. The first-order chi connectivity index (χ1) is 37.2. The number of rotatable bonds is 55. The summed E-state index contributed by atoms with van der Waals surface area (Å²) in [5, 5.41) is 57.0. The highest BCUT2D eigenvalue weighted by Gasteiger charge is 2.47. The quantitative estimate of drug-likeness (QED) is 0.0195. The zero-order valence-corrected chi connectivity index (χ0v) is 49.4. The average Bonchev–Trinajstić information content (AvgIpc) is 3.42. The van der Waals surface area contributed by atoms with Gasteiger partial charge >= 0.3 is 5.97 Å². The fraction of sp³-hybridized carbons (Fsp3) is 0.877. The number of nitrogens with one attached hydrogen (secondary N) is 1. The first kappa shape index (κ1) is 71.9. The molecule has 1 heterocycles. The summed E-state index contributed by atoms with van der Waals surface area (Å²) in [6, 6.07) is -1.02. The SMILES string of the molecule is CCCCC/C=C\C/C=C\CCCCCCCCCC(=O)OC1C(OCC(NC(=O)C(O)CCCCCCCCCCCCCCCCCCCC)C(O)/C=C/CCCCCCCCCCCC)OC(CO)C(O)C1O. The predicted octanol–water partition coefficient (Wildman–Crippen LogP) is 15.5. The van der Waals surface area contributed by atoms with Gasteiger partial charge in [0.15, 0.2) is 12.4 Å². The van der Waals surface area contributed by atoms with Gasteiger partial charge in [0.25, 0.3) is 0 Å². The third kappa shape index (κ3) is 41.0. The van der Waals surface area contributed by atoms with Crippen LogP contribution in [0.25, 0.3) is 0 Å². The highest BCUT2D eigenvalue weighted by atomic mass is 16.7. The van der Waals surface area contributed by atoms with E-state index in [0.717, 1.165) is 77.0 Å². The molecular formula is C65H121NO10. The number of aliphatic hydroxyl groups is 5. The normalized spacial score (nSPS) is 19.3. The van der Waals surface area contributed by atoms with Crippen LogP contribution >= 0.6 is 0 Å². The Kier molecular flexibility index (Phi) is 50.6. The van der Waals surface area contributed by atoms with E-state index in [0.29, 0.717) is 19.3 Å². The molecule has 0 bridgehead atoms. The van der Waals surface area contributed by atoms with Crippen molar-refractivity contribution in [1.82, 2.24) is 5.32 Å². The van der Waals surface area contributed by atoms with Gasteiger partial charge in [-0.05, 0) is 57.8 Å². The maximum absolute atomic E-state index is 13.4. The Morgan fingerprint density at radius 2 is 0.908 bits per heavy atom. The molecule has 0 aromatic heterocycles. The minimum Gasteiger partial charge on any atom is -0.454 e. The molecule has 1 saturated heterocycles. The summed E-state index contributed by atoms with van der Waals surface area (Å²) in [4.78, 5) is 26.6. The zero-order valence-electron chi connectivity index (χ0n) is 49.4. The maximum atomic E-state index is 13.4. The third-order valence-corrected chi connectivity index (χ3v) is 15.3. The van der Waals surface area contributed by atoms with Gasteiger partial charge in [0.2, 0.25) is 5.91 Å². The number of carbonyl (C=O) groups excluding carboxylic acids is 2. The molecule has 11 nitrogen and oxygen atoms in total. The van der Waals surface area contributed by atoms with Gasteiger partial charge in [-0.1, -0.05) is 276 Å². The van der Waals surface area contributed by atoms with Gasteiger partial charge in [-0.2, -0.15) is 0 Å². The van der Waals surface area contributed by atoms with Gasteiger partial charge in [-0.25, -0.2) is 0 Å². The predicted molar refractivity (Wildman–Crippen MR) is 315 cm³/mol. The maximum Gasteiger partial charge on any atom is 0.306 e. The van der Waals surface area contributed by atoms with Crippen molar-refractivity contribution in [2.75, 3.05) is 13.2 Å². The van der Waals surface area contributed by atoms with Crippen LogP contribution in [0.1, 0.15) is 303 Å². The number of carbonyl (C=O) groups is 2. The highest BCUT2D eigenvalue weighted by molar-refractivity contribution is 5.80. The number of esters is 1. The summed E-state index contributed by atoms with van der Waals surface area (Å²) in [5.74, 6) is -1.19.